The summed E-state index contributed by atoms with van der Waals surface area (Å²) in [7, 11) is 1.39. The Bertz CT molecular complexity index is 166. The summed E-state index contributed by atoms with van der Waals surface area (Å²) in [5, 5.41) is 12.2. The molecule has 1 aliphatic carbocycles. The Balaban J connectivity index is 1.87. The lowest BCUT2D eigenvalue weighted by molar-refractivity contribution is -0.140. The Morgan fingerprint density at radius 1 is 1.62 bits per heavy atom. The van der Waals surface area contributed by atoms with E-state index in [0.717, 1.165) is 19.4 Å². The van der Waals surface area contributed by atoms with Gasteiger partial charge in [0.05, 0.1) is 19.6 Å². The van der Waals surface area contributed by atoms with Gasteiger partial charge in [-0.05, 0) is 25.3 Å². The van der Waals surface area contributed by atoms with Gasteiger partial charge in [-0.3, -0.25) is 4.79 Å². The number of esters is 1. The second-order valence-corrected chi connectivity index (χ2v) is 3.52. The molecule has 2 N–H and O–H groups in total. The number of carbonyl (C=O) groups is 1. The standard InChI is InChI=1S/C9H17NO3/c1-13-9(12)2-3-10-6-7-4-8(11)5-7/h7-8,10-11H,2-6H2,1H3. The smallest absolute Gasteiger partial charge is 0.306 e. The highest BCUT2D eigenvalue weighted by Gasteiger charge is 2.26. The van der Waals surface area contributed by atoms with Crippen molar-refractivity contribution >= 4 is 5.97 Å². The molecule has 0 aromatic rings. The molecule has 0 heterocycles. The summed E-state index contributed by atoms with van der Waals surface area (Å²) < 4.78 is 4.50. The van der Waals surface area contributed by atoms with Crippen LogP contribution in [0.5, 0.6) is 0 Å². The summed E-state index contributed by atoms with van der Waals surface area (Å²) in [4.78, 5) is 10.7. The second-order valence-electron chi connectivity index (χ2n) is 3.52. The predicted octanol–water partition coefficient (Wildman–Crippen LogP) is -0.0900. The van der Waals surface area contributed by atoms with E-state index in [-0.39, 0.29) is 12.1 Å². The molecule has 0 amide bonds. The van der Waals surface area contributed by atoms with Crippen molar-refractivity contribution in [2.45, 2.75) is 25.4 Å². The van der Waals surface area contributed by atoms with E-state index in [1.165, 1.54) is 7.11 Å². The van der Waals surface area contributed by atoms with Crippen LogP contribution in [-0.2, 0) is 9.53 Å². The number of rotatable bonds is 5. The zero-order chi connectivity index (χ0) is 9.68. The van der Waals surface area contributed by atoms with Crippen molar-refractivity contribution in [2.75, 3.05) is 20.2 Å². The van der Waals surface area contributed by atoms with Crippen LogP contribution in [0.1, 0.15) is 19.3 Å². The molecule has 0 bridgehead atoms. The lowest BCUT2D eigenvalue weighted by Gasteiger charge is -2.31. The Labute approximate surface area is 78.3 Å². The van der Waals surface area contributed by atoms with Gasteiger partial charge < -0.3 is 15.2 Å². The molecule has 1 aliphatic rings. The van der Waals surface area contributed by atoms with E-state index < -0.39 is 0 Å². The summed E-state index contributed by atoms with van der Waals surface area (Å²) in [6, 6.07) is 0. The highest BCUT2D eigenvalue weighted by atomic mass is 16.5. The first-order valence-electron chi connectivity index (χ1n) is 4.68. The molecule has 4 nitrogen and oxygen atoms in total. The lowest BCUT2D eigenvalue weighted by atomic mass is 9.82. The molecule has 0 aromatic carbocycles. The molecular formula is C9H17NO3. The highest BCUT2D eigenvalue weighted by Crippen LogP contribution is 2.25. The summed E-state index contributed by atoms with van der Waals surface area (Å²) in [5.41, 5.74) is 0. The van der Waals surface area contributed by atoms with Crippen molar-refractivity contribution in [3.63, 3.8) is 0 Å². The number of nitrogens with one attached hydrogen (secondary N) is 1. The third-order valence-electron chi connectivity index (χ3n) is 2.38. The molecule has 13 heavy (non-hydrogen) atoms. The monoisotopic (exact) mass is 187 g/mol. The molecule has 0 saturated heterocycles. The summed E-state index contributed by atoms with van der Waals surface area (Å²) in [5.74, 6) is 0.411. The number of aliphatic hydroxyl groups excluding tert-OH is 1. The number of methoxy groups -OCH3 is 1. The van der Waals surface area contributed by atoms with Gasteiger partial charge in [-0.2, -0.15) is 0 Å². The van der Waals surface area contributed by atoms with Gasteiger partial charge in [0, 0.05) is 6.54 Å². The van der Waals surface area contributed by atoms with Gasteiger partial charge in [0.2, 0.25) is 0 Å². The largest absolute Gasteiger partial charge is 0.469 e. The Morgan fingerprint density at radius 3 is 2.85 bits per heavy atom. The molecule has 1 fully saturated rings. The highest BCUT2D eigenvalue weighted by molar-refractivity contribution is 5.69. The van der Waals surface area contributed by atoms with Crippen molar-refractivity contribution in [1.29, 1.82) is 0 Å². The minimum atomic E-state index is -0.179. The molecular weight excluding hydrogens is 170 g/mol. The summed E-state index contributed by atoms with van der Waals surface area (Å²) in [6.07, 6.45) is 2.12. The number of hydrogen-bond acceptors (Lipinski definition) is 4. The quantitative estimate of drug-likeness (QED) is 0.466. The lowest BCUT2D eigenvalue weighted by Crippen LogP contribution is -2.36. The first-order valence-corrected chi connectivity index (χ1v) is 4.68. The van der Waals surface area contributed by atoms with E-state index in [9.17, 15) is 4.79 Å². The first kappa shape index (κ1) is 10.5. The van der Waals surface area contributed by atoms with Gasteiger partial charge in [-0.25, -0.2) is 0 Å². The van der Waals surface area contributed by atoms with Crippen LogP contribution in [0.3, 0.4) is 0 Å². The maximum Gasteiger partial charge on any atom is 0.306 e. The Hall–Kier alpha value is -0.610. The van der Waals surface area contributed by atoms with E-state index >= 15 is 0 Å². The van der Waals surface area contributed by atoms with Gasteiger partial charge >= 0.3 is 5.97 Å². The van der Waals surface area contributed by atoms with Crippen LogP contribution < -0.4 is 5.32 Å². The van der Waals surface area contributed by atoms with Gasteiger partial charge in [-0.1, -0.05) is 0 Å². The first-order chi connectivity index (χ1) is 6.22. The van der Waals surface area contributed by atoms with Crippen LogP contribution in [0.2, 0.25) is 0 Å². The molecule has 0 aliphatic heterocycles. The fourth-order valence-corrected chi connectivity index (χ4v) is 1.47. The van der Waals surface area contributed by atoms with Gasteiger partial charge in [0.15, 0.2) is 0 Å². The normalized spacial score (nSPS) is 26.6. The van der Waals surface area contributed by atoms with Crippen LogP contribution in [0.15, 0.2) is 0 Å². The van der Waals surface area contributed by atoms with E-state index in [4.69, 9.17) is 5.11 Å². The average molecular weight is 187 g/mol. The molecule has 1 rings (SSSR count). The molecule has 0 radical (unpaired) electrons. The van der Waals surface area contributed by atoms with E-state index in [1.54, 1.807) is 0 Å². The fourth-order valence-electron chi connectivity index (χ4n) is 1.47. The van der Waals surface area contributed by atoms with Crippen LogP contribution in [0, 0.1) is 5.92 Å². The number of aliphatic hydroxyl groups is 1. The van der Waals surface area contributed by atoms with Gasteiger partial charge in [0.25, 0.3) is 0 Å². The predicted molar refractivity (Wildman–Crippen MR) is 48.2 cm³/mol. The maximum absolute atomic E-state index is 10.7. The van der Waals surface area contributed by atoms with Gasteiger partial charge in [-0.15, -0.1) is 0 Å². The summed E-state index contributed by atoms with van der Waals surface area (Å²) >= 11 is 0. The Kier molecular flexibility index (Phi) is 4.18. The van der Waals surface area contributed by atoms with Gasteiger partial charge in [0.1, 0.15) is 0 Å². The summed E-state index contributed by atoms with van der Waals surface area (Å²) in [6.45, 7) is 1.56. The number of carbonyl (C=O) groups excluding carboxylic acids is 1. The molecule has 76 valence electrons. The fraction of sp³-hybridized carbons (Fsp3) is 0.889. The topological polar surface area (TPSA) is 58.6 Å². The third-order valence-corrected chi connectivity index (χ3v) is 2.38. The van der Waals surface area contributed by atoms with Crippen molar-refractivity contribution < 1.29 is 14.6 Å². The van der Waals surface area contributed by atoms with Crippen LogP contribution >= 0.6 is 0 Å². The van der Waals surface area contributed by atoms with Crippen LogP contribution in [0.4, 0.5) is 0 Å². The van der Waals surface area contributed by atoms with Crippen molar-refractivity contribution in [3.05, 3.63) is 0 Å². The van der Waals surface area contributed by atoms with E-state index in [0.29, 0.717) is 18.9 Å². The molecule has 0 atom stereocenters. The second kappa shape index (κ2) is 5.19. The van der Waals surface area contributed by atoms with Crippen molar-refractivity contribution in [3.8, 4) is 0 Å². The zero-order valence-corrected chi connectivity index (χ0v) is 7.95. The zero-order valence-electron chi connectivity index (χ0n) is 7.95. The van der Waals surface area contributed by atoms with Crippen LogP contribution in [-0.4, -0.2) is 37.4 Å². The van der Waals surface area contributed by atoms with Crippen molar-refractivity contribution in [1.82, 2.24) is 5.32 Å². The molecule has 0 unspecified atom stereocenters. The molecule has 1 saturated carbocycles. The maximum atomic E-state index is 10.7. The molecule has 0 aromatic heterocycles. The molecule has 0 spiro atoms. The minimum absolute atomic E-state index is 0.0904. The van der Waals surface area contributed by atoms with Crippen LogP contribution in [0.25, 0.3) is 0 Å². The molecule has 4 heteroatoms. The Morgan fingerprint density at radius 2 is 2.31 bits per heavy atom. The van der Waals surface area contributed by atoms with E-state index in [1.807, 2.05) is 0 Å². The number of hydrogen-bond donors (Lipinski definition) is 2. The van der Waals surface area contributed by atoms with E-state index in [2.05, 4.69) is 10.1 Å². The third kappa shape index (κ3) is 3.74. The minimum Gasteiger partial charge on any atom is -0.469 e. The van der Waals surface area contributed by atoms with Crippen molar-refractivity contribution in [2.24, 2.45) is 5.92 Å². The number of ether oxygens (including phenoxy) is 1. The average Bonchev–Trinajstić information content (AvgIpc) is 2.08. The SMILES string of the molecule is COC(=O)CCNCC1CC(O)C1.